The van der Waals surface area contributed by atoms with Gasteiger partial charge in [-0.25, -0.2) is 0 Å². The van der Waals surface area contributed by atoms with Crippen molar-refractivity contribution in [2.75, 3.05) is 25.0 Å². The molecular weight excluding hydrogens is 350 g/mol. The predicted molar refractivity (Wildman–Crippen MR) is 101 cm³/mol. The lowest BCUT2D eigenvalue weighted by molar-refractivity contribution is -0.116. The van der Waals surface area contributed by atoms with Crippen LogP contribution in [0, 0.1) is 0 Å². The van der Waals surface area contributed by atoms with E-state index < -0.39 is 0 Å². The van der Waals surface area contributed by atoms with Crippen molar-refractivity contribution in [3.8, 4) is 0 Å². The van der Waals surface area contributed by atoms with E-state index in [4.69, 9.17) is 0 Å². The van der Waals surface area contributed by atoms with E-state index >= 15 is 0 Å². The van der Waals surface area contributed by atoms with E-state index in [1.807, 2.05) is 16.3 Å². The van der Waals surface area contributed by atoms with Crippen molar-refractivity contribution in [2.24, 2.45) is 0 Å². The normalized spacial score (nSPS) is 13.5. The fraction of sp³-hybridized carbons (Fsp3) is 0.316. The Morgan fingerprint density at radius 1 is 1.04 bits per heavy atom. The molecule has 0 spiro atoms. The van der Waals surface area contributed by atoms with Crippen molar-refractivity contribution < 1.29 is 14.4 Å². The average Bonchev–Trinajstić information content (AvgIpc) is 3.35. The van der Waals surface area contributed by atoms with E-state index in [1.54, 1.807) is 30.3 Å². The largest absolute Gasteiger partial charge is 0.351 e. The molecule has 1 aliphatic heterocycles. The maximum atomic E-state index is 12.3. The molecular formula is C19H21N3O3S. The zero-order valence-corrected chi connectivity index (χ0v) is 15.2. The summed E-state index contributed by atoms with van der Waals surface area (Å²) in [5, 5.41) is 7.32. The number of thiophene rings is 1. The Morgan fingerprint density at radius 3 is 2.42 bits per heavy atom. The molecule has 0 bridgehead atoms. The SMILES string of the molecule is O=C(CCNC(=O)c1cccs1)Nc1ccc(C(=O)N2CCCC2)cc1. The van der Waals surface area contributed by atoms with Gasteiger partial charge in [-0.2, -0.15) is 0 Å². The molecule has 0 aliphatic carbocycles. The van der Waals surface area contributed by atoms with Crippen LogP contribution in [0.2, 0.25) is 0 Å². The highest BCUT2D eigenvalue weighted by Gasteiger charge is 2.19. The van der Waals surface area contributed by atoms with Gasteiger partial charge in [0.05, 0.1) is 4.88 Å². The fourth-order valence-corrected chi connectivity index (χ4v) is 3.45. The van der Waals surface area contributed by atoms with Crippen LogP contribution in [0.3, 0.4) is 0 Å². The van der Waals surface area contributed by atoms with Crippen LogP contribution in [0.5, 0.6) is 0 Å². The maximum Gasteiger partial charge on any atom is 0.261 e. The predicted octanol–water partition coefficient (Wildman–Crippen LogP) is 2.74. The highest BCUT2D eigenvalue weighted by molar-refractivity contribution is 7.12. The molecule has 3 rings (SSSR count). The summed E-state index contributed by atoms with van der Waals surface area (Å²) in [6.45, 7) is 1.90. The fourth-order valence-electron chi connectivity index (χ4n) is 2.81. The van der Waals surface area contributed by atoms with Crippen LogP contribution in [-0.4, -0.2) is 42.3 Å². The summed E-state index contributed by atoms with van der Waals surface area (Å²) in [4.78, 5) is 38.5. The number of amides is 3. The Hall–Kier alpha value is -2.67. The maximum absolute atomic E-state index is 12.3. The first-order chi connectivity index (χ1) is 12.6. The molecule has 1 saturated heterocycles. The average molecular weight is 371 g/mol. The second-order valence-corrected chi connectivity index (χ2v) is 7.06. The van der Waals surface area contributed by atoms with E-state index in [0.717, 1.165) is 25.9 Å². The summed E-state index contributed by atoms with van der Waals surface area (Å²) < 4.78 is 0. The standard InChI is InChI=1S/C19H21N3O3S/c23-17(9-10-20-18(24)16-4-3-13-26-16)21-15-7-5-14(6-8-15)19(25)22-11-1-2-12-22/h3-8,13H,1-2,9-12H2,(H,20,24)(H,21,23). The van der Waals surface area contributed by atoms with Crippen molar-refractivity contribution in [3.63, 3.8) is 0 Å². The molecule has 136 valence electrons. The van der Waals surface area contributed by atoms with Gasteiger partial charge in [0.1, 0.15) is 0 Å². The lowest BCUT2D eigenvalue weighted by Crippen LogP contribution is -2.27. The summed E-state index contributed by atoms with van der Waals surface area (Å²) in [7, 11) is 0. The second-order valence-electron chi connectivity index (χ2n) is 6.11. The van der Waals surface area contributed by atoms with Gasteiger partial charge in [-0.1, -0.05) is 6.07 Å². The van der Waals surface area contributed by atoms with Crippen LogP contribution in [0.1, 0.15) is 39.3 Å². The quantitative estimate of drug-likeness (QED) is 0.819. The summed E-state index contributed by atoms with van der Waals surface area (Å²) in [6.07, 6.45) is 2.30. The molecule has 1 aromatic carbocycles. The molecule has 1 aliphatic rings. The third-order valence-electron chi connectivity index (χ3n) is 4.19. The van der Waals surface area contributed by atoms with Crippen molar-refractivity contribution in [3.05, 3.63) is 52.2 Å². The number of likely N-dealkylation sites (tertiary alicyclic amines) is 1. The third kappa shape index (κ3) is 4.70. The highest BCUT2D eigenvalue weighted by Crippen LogP contribution is 2.15. The first-order valence-electron chi connectivity index (χ1n) is 8.64. The molecule has 2 heterocycles. The molecule has 0 atom stereocenters. The van der Waals surface area contributed by atoms with E-state index in [9.17, 15) is 14.4 Å². The number of carbonyl (C=O) groups is 3. The number of rotatable bonds is 6. The zero-order valence-electron chi connectivity index (χ0n) is 14.4. The Balaban J connectivity index is 1.44. The van der Waals surface area contributed by atoms with Crippen molar-refractivity contribution in [1.82, 2.24) is 10.2 Å². The van der Waals surface area contributed by atoms with E-state index in [0.29, 0.717) is 16.1 Å². The van der Waals surface area contributed by atoms with Crippen LogP contribution in [0.15, 0.2) is 41.8 Å². The summed E-state index contributed by atoms with van der Waals surface area (Å²) >= 11 is 1.36. The number of anilines is 1. The minimum atomic E-state index is -0.185. The number of nitrogens with zero attached hydrogens (tertiary/aromatic N) is 1. The van der Waals surface area contributed by atoms with Crippen LogP contribution in [0.4, 0.5) is 5.69 Å². The van der Waals surface area contributed by atoms with Gasteiger partial charge in [-0.3, -0.25) is 14.4 Å². The van der Waals surface area contributed by atoms with Crippen LogP contribution in [-0.2, 0) is 4.79 Å². The van der Waals surface area contributed by atoms with Crippen molar-refractivity contribution in [2.45, 2.75) is 19.3 Å². The van der Waals surface area contributed by atoms with Gasteiger partial charge >= 0.3 is 0 Å². The molecule has 0 saturated carbocycles. The van der Waals surface area contributed by atoms with E-state index in [2.05, 4.69) is 10.6 Å². The molecule has 7 heteroatoms. The highest BCUT2D eigenvalue weighted by atomic mass is 32.1. The van der Waals surface area contributed by atoms with Gasteiger partial charge in [-0.05, 0) is 48.6 Å². The van der Waals surface area contributed by atoms with Gasteiger partial charge in [0, 0.05) is 37.3 Å². The molecule has 2 N–H and O–H groups in total. The molecule has 2 aromatic rings. The molecule has 6 nitrogen and oxygen atoms in total. The molecule has 3 amide bonds. The minimum Gasteiger partial charge on any atom is -0.351 e. The smallest absolute Gasteiger partial charge is 0.261 e. The van der Waals surface area contributed by atoms with Gasteiger partial charge in [-0.15, -0.1) is 11.3 Å². The van der Waals surface area contributed by atoms with Gasteiger partial charge in [0.2, 0.25) is 5.91 Å². The lowest BCUT2D eigenvalue weighted by Gasteiger charge is -2.15. The first kappa shape index (κ1) is 18.1. The van der Waals surface area contributed by atoms with Gasteiger partial charge in [0.15, 0.2) is 0 Å². The van der Waals surface area contributed by atoms with Crippen molar-refractivity contribution in [1.29, 1.82) is 0 Å². The van der Waals surface area contributed by atoms with Gasteiger partial charge < -0.3 is 15.5 Å². The van der Waals surface area contributed by atoms with Gasteiger partial charge in [0.25, 0.3) is 11.8 Å². The van der Waals surface area contributed by atoms with E-state index in [-0.39, 0.29) is 30.7 Å². The number of hydrogen-bond acceptors (Lipinski definition) is 4. The number of hydrogen-bond donors (Lipinski definition) is 2. The van der Waals surface area contributed by atoms with E-state index in [1.165, 1.54) is 11.3 Å². The first-order valence-corrected chi connectivity index (χ1v) is 9.52. The minimum absolute atomic E-state index is 0.0386. The monoisotopic (exact) mass is 371 g/mol. The molecule has 1 aromatic heterocycles. The zero-order chi connectivity index (χ0) is 18.4. The molecule has 0 unspecified atom stereocenters. The second kappa shape index (κ2) is 8.62. The van der Waals surface area contributed by atoms with Crippen LogP contribution in [0.25, 0.3) is 0 Å². The Kier molecular flexibility index (Phi) is 6.01. The van der Waals surface area contributed by atoms with Crippen LogP contribution < -0.4 is 10.6 Å². The van der Waals surface area contributed by atoms with Crippen molar-refractivity contribution >= 4 is 34.7 Å². The molecule has 26 heavy (non-hydrogen) atoms. The molecule has 1 fully saturated rings. The van der Waals surface area contributed by atoms with Crippen LogP contribution >= 0.6 is 11.3 Å². The summed E-state index contributed by atoms with van der Waals surface area (Å²) in [5.41, 5.74) is 1.27. The summed E-state index contributed by atoms with van der Waals surface area (Å²) in [6, 6.07) is 10.5. The summed E-state index contributed by atoms with van der Waals surface area (Å²) in [5.74, 6) is -0.315. The number of carbonyl (C=O) groups excluding carboxylic acids is 3. The Morgan fingerprint density at radius 2 is 1.77 bits per heavy atom. The Labute approximate surface area is 156 Å². The number of nitrogens with one attached hydrogen (secondary N) is 2. The number of benzene rings is 1. The lowest BCUT2D eigenvalue weighted by atomic mass is 10.2. The topological polar surface area (TPSA) is 78.5 Å². The molecule has 0 radical (unpaired) electrons. The third-order valence-corrected chi connectivity index (χ3v) is 5.06. The Bertz CT molecular complexity index is 766.